The predicted molar refractivity (Wildman–Crippen MR) is 102 cm³/mol. The smallest absolute Gasteiger partial charge is 0.270 e. The van der Waals surface area contributed by atoms with E-state index in [1.165, 1.54) is 5.56 Å². The van der Waals surface area contributed by atoms with Crippen molar-refractivity contribution in [3.05, 3.63) is 35.4 Å². The molecule has 0 unspecified atom stereocenters. The summed E-state index contributed by atoms with van der Waals surface area (Å²) in [5.74, 6) is 0.120. The molecule has 0 bridgehead atoms. The van der Waals surface area contributed by atoms with E-state index in [0.29, 0.717) is 49.8 Å². The maximum atomic E-state index is 12.8. The SMILES string of the molecule is CC(C)c1ccc(C(=O)N2CCCN(C(=O)C3=NNC(=O)CC3)CC2)cc1. The van der Waals surface area contributed by atoms with Gasteiger partial charge in [-0.2, -0.15) is 5.10 Å². The molecular weight excluding hydrogens is 344 g/mol. The maximum Gasteiger partial charge on any atom is 0.270 e. The lowest BCUT2D eigenvalue weighted by Gasteiger charge is -2.23. The monoisotopic (exact) mass is 370 g/mol. The Bertz CT molecular complexity index is 755. The highest BCUT2D eigenvalue weighted by molar-refractivity contribution is 6.39. The Morgan fingerprint density at radius 2 is 1.59 bits per heavy atom. The zero-order valence-corrected chi connectivity index (χ0v) is 15.9. The molecule has 1 fully saturated rings. The Labute approximate surface area is 159 Å². The average Bonchev–Trinajstić information content (AvgIpc) is 2.94. The van der Waals surface area contributed by atoms with Gasteiger partial charge in [-0.05, 0) is 30.0 Å². The number of hydrogen-bond donors (Lipinski definition) is 1. The summed E-state index contributed by atoms with van der Waals surface area (Å²) < 4.78 is 0. The van der Waals surface area contributed by atoms with Gasteiger partial charge in [-0.1, -0.05) is 26.0 Å². The van der Waals surface area contributed by atoms with Gasteiger partial charge < -0.3 is 9.80 Å². The van der Waals surface area contributed by atoms with E-state index in [1.54, 1.807) is 4.90 Å². The van der Waals surface area contributed by atoms with Crippen LogP contribution in [0.4, 0.5) is 0 Å². The van der Waals surface area contributed by atoms with Crippen molar-refractivity contribution in [2.24, 2.45) is 5.10 Å². The molecule has 1 aromatic rings. The molecule has 3 rings (SSSR count). The first-order valence-electron chi connectivity index (χ1n) is 9.49. The van der Waals surface area contributed by atoms with Gasteiger partial charge in [0.2, 0.25) is 5.91 Å². The summed E-state index contributed by atoms with van der Waals surface area (Å²) in [6.07, 6.45) is 1.38. The summed E-state index contributed by atoms with van der Waals surface area (Å²) in [6.45, 7) is 6.43. The third-order valence-electron chi connectivity index (χ3n) is 5.05. The Balaban J connectivity index is 1.61. The van der Waals surface area contributed by atoms with Crippen LogP contribution in [-0.2, 0) is 9.59 Å². The minimum Gasteiger partial charge on any atom is -0.337 e. The number of amides is 3. The molecule has 0 saturated carbocycles. The van der Waals surface area contributed by atoms with Gasteiger partial charge in [0.25, 0.3) is 11.8 Å². The van der Waals surface area contributed by atoms with Gasteiger partial charge in [0.05, 0.1) is 0 Å². The zero-order chi connectivity index (χ0) is 19.4. The van der Waals surface area contributed by atoms with Crippen LogP contribution in [0.15, 0.2) is 29.4 Å². The van der Waals surface area contributed by atoms with E-state index in [4.69, 9.17) is 0 Å². The van der Waals surface area contributed by atoms with E-state index in [2.05, 4.69) is 24.4 Å². The summed E-state index contributed by atoms with van der Waals surface area (Å²) in [6, 6.07) is 7.76. The highest BCUT2D eigenvalue weighted by Gasteiger charge is 2.27. The molecule has 2 aliphatic heterocycles. The third-order valence-corrected chi connectivity index (χ3v) is 5.05. The lowest BCUT2D eigenvalue weighted by molar-refractivity contribution is -0.124. The first kappa shape index (κ1) is 19.1. The van der Waals surface area contributed by atoms with E-state index in [1.807, 2.05) is 29.2 Å². The van der Waals surface area contributed by atoms with Crippen molar-refractivity contribution in [3.63, 3.8) is 0 Å². The number of hydrogen-bond acceptors (Lipinski definition) is 4. The van der Waals surface area contributed by atoms with Crippen molar-refractivity contribution in [3.8, 4) is 0 Å². The molecule has 144 valence electrons. The van der Waals surface area contributed by atoms with Crippen LogP contribution in [0.25, 0.3) is 0 Å². The summed E-state index contributed by atoms with van der Waals surface area (Å²) >= 11 is 0. The maximum absolute atomic E-state index is 12.8. The van der Waals surface area contributed by atoms with Crippen molar-refractivity contribution in [1.82, 2.24) is 15.2 Å². The topological polar surface area (TPSA) is 82.1 Å². The van der Waals surface area contributed by atoms with Crippen LogP contribution in [0, 0.1) is 0 Å². The normalized spacial score (nSPS) is 18.0. The van der Waals surface area contributed by atoms with Crippen LogP contribution in [0.3, 0.4) is 0 Å². The molecule has 2 heterocycles. The minimum atomic E-state index is -0.164. The summed E-state index contributed by atoms with van der Waals surface area (Å²) in [5, 5.41) is 3.89. The molecule has 1 N–H and O–H groups in total. The van der Waals surface area contributed by atoms with Gasteiger partial charge in [0.1, 0.15) is 5.71 Å². The van der Waals surface area contributed by atoms with Crippen LogP contribution in [0.1, 0.15) is 54.9 Å². The van der Waals surface area contributed by atoms with Crippen molar-refractivity contribution in [2.45, 2.75) is 39.0 Å². The number of carbonyl (C=O) groups is 3. The van der Waals surface area contributed by atoms with Gasteiger partial charge in [0.15, 0.2) is 0 Å². The van der Waals surface area contributed by atoms with Crippen LogP contribution < -0.4 is 5.43 Å². The first-order chi connectivity index (χ1) is 13.0. The molecule has 2 aliphatic rings. The van der Waals surface area contributed by atoms with Crippen LogP contribution in [0.2, 0.25) is 0 Å². The Kier molecular flexibility index (Phi) is 5.88. The van der Waals surface area contributed by atoms with E-state index >= 15 is 0 Å². The number of hydrazone groups is 1. The van der Waals surface area contributed by atoms with Crippen LogP contribution >= 0.6 is 0 Å². The average molecular weight is 370 g/mol. The van der Waals surface area contributed by atoms with Gasteiger partial charge in [-0.3, -0.25) is 14.4 Å². The molecule has 0 aliphatic carbocycles. The van der Waals surface area contributed by atoms with Crippen molar-refractivity contribution >= 4 is 23.4 Å². The molecule has 0 atom stereocenters. The number of carbonyl (C=O) groups excluding carboxylic acids is 3. The molecule has 27 heavy (non-hydrogen) atoms. The van der Waals surface area contributed by atoms with Crippen molar-refractivity contribution in [1.29, 1.82) is 0 Å². The largest absolute Gasteiger partial charge is 0.337 e. The fourth-order valence-corrected chi connectivity index (χ4v) is 3.33. The highest BCUT2D eigenvalue weighted by atomic mass is 16.2. The Hall–Kier alpha value is -2.70. The standard InChI is InChI=1S/C20H26N4O3/c1-14(2)15-4-6-16(7-5-15)19(26)23-10-3-11-24(13-12-23)20(27)17-8-9-18(25)22-21-17/h4-7,14H,3,8-13H2,1-2H3,(H,22,25). The van der Waals surface area contributed by atoms with Crippen molar-refractivity contribution < 1.29 is 14.4 Å². The molecule has 7 heteroatoms. The summed E-state index contributed by atoms with van der Waals surface area (Å²) in [4.78, 5) is 40.1. The van der Waals surface area contributed by atoms with Crippen LogP contribution in [-0.4, -0.2) is 59.4 Å². The second-order valence-electron chi connectivity index (χ2n) is 7.31. The summed E-state index contributed by atoms with van der Waals surface area (Å²) in [5.41, 5.74) is 4.64. The molecule has 1 saturated heterocycles. The van der Waals surface area contributed by atoms with Gasteiger partial charge >= 0.3 is 0 Å². The quantitative estimate of drug-likeness (QED) is 0.880. The van der Waals surface area contributed by atoms with E-state index in [9.17, 15) is 14.4 Å². The number of nitrogens with zero attached hydrogens (tertiary/aromatic N) is 3. The highest BCUT2D eigenvalue weighted by Crippen LogP contribution is 2.17. The third kappa shape index (κ3) is 4.53. The van der Waals surface area contributed by atoms with Gasteiger partial charge in [0, 0.05) is 44.6 Å². The first-order valence-corrected chi connectivity index (χ1v) is 9.49. The molecule has 7 nitrogen and oxygen atoms in total. The van der Waals surface area contributed by atoms with E-state index in [0.717, 1.165) is 6.42 Å². The predicted octanol–water partition coefficient (Wildman–Crippen LogP) is 1.75. The second-order valence-corrected chi connectivity index (χ2v) is 7.31. The van der Waals surface area contributed by atoms with Crippen LogP contribution in [0.5, 0.6) is 0 Å². The summed E-state index contributed by atoms with van der Waals surface area (Å²) in [7, 11) is 0. The van der Waals surface area contributed by atoms with Gasteiger partial charge in [-0.15, -0.1) is 0 Å². The van der Waals surface area contributed by atoms with E-state index < -0.39 is 0 Å². The molecular formula is C20H26N4O3. The Morgan fingerprint density at radius 3 is 2.15 bits per heavy atom. The van der Waals surface area contributed by atoms with Crippen molar-refractivity contribution in [2.75, 3.05) is 26.2 Å². The number of benzene rings is 1. The number of nitrogens with one attached hydrogen (secondary N) is 1. The fraction of sp³-hybridized carbons (Fsp3) is 0.500. The number of rotatable bonds is 3. The van der Waals surface area contributed by atoms with Gasteiger partial charge in [-0.25, -0.2) is 5.43 Å². The zero-order valence-electron chi connectivity index (χ0n) is 15.9. The molecule has 3 amide bonds. The minimum absolute atomic E-state index is 0.00174. The lowest BCUT2D eigenvalue weighted by atomic mass is 10.0. The van der Waals surface area contributed by atoms with E-state index in [-0.39, 0.29) is 24.1 Å². The lowest BCUT2D eigenvalue weighted by Crippen LogP contribution is -2.42. The second kappa shape index (κ2) is 8.33. The molecule has 1 aromatic carbocycles. The fourth-order valence-electron chi connectivity index (χ4n) is 3.33. The Morgan fingerprint density at radius 1 is 0.963 bits per heavy atom. The molecule has 0 aromatic heterocycles. The molecule has 0 spiro atoms. The molecule has 0 radical (unpaired) electrons.